The Labute approximate surface area is 124 Å². The molecule has 0 aliphatic rings. The van der Waals surface area contributed by atoms with Gasteiger partial charge in [0, 0.05) is 4.47 Å². The average molecular weight is 348 g/mol. The molecular formula is C13H18BrNO3S. The number of hydrogen-bond donors (Lipinski definition) is 2. The number of nitrogens with one attached hydrogen (secondary N) is 1. The summed E-state index contributed by atoms with van der Waals surface area (Å²) in [7, 11) is -1.32. The van der Waals surface area contributed by atoms with Crippen LogP contribution in [0.1, 0.15) is 38.8 Å². The van der Waals surface area contributed by atoms with Gasteiger partial charge in [0.25, 0.3) is 0 Å². The van der Waals surface area contributed by atoms with Crippen molar-refractivity contribution in [3.63, 3.8) is 0 Å². The second kappa shape index (κ2) is 6.63. The van der Waals surface area contributed by atoms with Gasteiger partial charge in [0.15, 0.2) is 0 Å². The van der Waals surface area contributed by atoms with E-state index in [-0.39, 0.29) is 6.42 Å². The van der Waals surface area contributed by atoms with E-state index < -0.39 is 27.7 Å². The van der Waals surface area contributed by atoms with E-state index in [0.29, 0.717) is 0 Å². The summed E-state index contributed by atoms with van der Waals surface area (Å²) in [4.78, 5) is 10.9. The molecule has 0 amide bonds. The van der Waals surface area contributed by atoms with Crippen molar-refractivity contribution in [2.24, 2.45) is 0 Å². The van der Waals surface area contributed by atoms with Crippen LogP contribution in [0.15, 0.2) is 28.7 Å². The summed E-state index contributed by atoms with van der Waals surface area (Å²) in [5.41, 5.74) is 0.800. The first-order chi connectivity index (χ1) is 8.70. The van der Waals surface area contributed by atoms with Gasteiger partial charge in [-0.2, -0.15) is 0 Å². The lowest BCUT2D eigenvalue weighted by molar-refractivity contribution is -0.137. The maximum atomic E-state index is 12.1. The Kier molecular flexibility index (Phi) is 5.70. The first-order valence-electron chi connectivity index (χ1n) is 5.85. The topological polar surface area (TPSA) is 66.4 Å². The minimum atomic E-state index is -1.32. The van der Waals surface area contributed by atoms with E-state index in [1.54, 1.807) is 0 Å². The number of carbonyl (C=O) groups is 1. The normalized spacial score (nSPS) is 14.9. The number of aliphatic carboxylic acids is 1. The standard InChI is InChI=1S/C13H18BrNO3S/c1-13(2,3)19(18)15-11(8-12(16)17)9-5-4-6-10(14)7-9/h4-7,11,15H,8H2,1-3H3,(H,16,17)/t11-,19?/m1/s1. The van der Waals surface area contributed by atoms with Crippen molar-refractivity contribution in [2.75, 3.05) is 0 Å². The highest BCUT2D eigenvalue weighted by Gasteiger charge is 2.25. The van der Waals surface area contributed by atoms with E-state index in [2.05, 4.69) is 20.7 Å². The molecule has 0 radical (unpaired) electrons. The summed E-state index contributed by atoms with van der Waals surface area (Å²) in [6.45, 7) is 5.53. The third-order valence-electron chi connectivity index (χ3n) is 2.44. The molecule has 0 heterocycles. The first-order valence-corrected chi connectivity index (χ1v) is 7.79. The molecule has 0 spiro atoms. The van der Waals surface area contributed by atoms with Crippen LogP contribution in [0.25, 0.3) is 0 Å². The summed E-state index contributed by atoms with van der Waals surface area (Å²) >= 11 is 3.35. The van der Waals surface area contributed by atoms with Crippen molar-refractivity contribution in [3.05, 3.63) is 34.3 Å². The van der Waals surface area contributed by atoms with Crippen LogP contribution in [0, 0.1) is 0 Å². The SMILES string of the molecule is CC(C)(C)S(=O)N[C@H](CC(=O)O)c1cccc(Br)c1. The Balaban J connectivity index is 2.96. The van der Waals surface area contributed by atoms with Crippen molar-refractivity contribution in [1.82, 2.24) is 4.72 Å². The summed E-state index contributed by atoms with van der Waals surface area (Å²) < 4.78 is 15.4. The van der Waals surface area contributed by atoms with E-state index in [1.807, 2.05) is 45.0 Å². The van der Waals surface area contributed by atoms with Gasteiger partial charge in [0.2, 0.25) is 0 Å². The van der Waals surface area contributed by atoms with E-state index in [1.165, 1.54) is 0 Å². The number of halogens is 1. The van der Waals surface area contributed by atoms with E-state index in [4.69, 9.17) is 5.11 Å². The Morgan fingerprint density at radius 2 is 2.11 bits per heavy atom. The molecule has 4 nitrogen and oxygen atoms in total. The second-order valence-corrected chi connectivity index (χ2v) is 8.12. The van der Waals surface area contributed by atoms with Crippen LogP contribution < -0.4 is 4.72 Å². The van der Waals surface area contributed by atoms with E-state index in [9.17, 15) is 9.00 Å². The Hall–Kier alpha value is -0.720. The number of carboxylic acids is 1. The fraction of sp³-hybridized carbons (Fsp3) is 0.462. The molecule has 0 saturated carbocycles. The molecule has 2 N–H and O–H groups in total. The van der Waals surface area contributed by atoms with E-state index in [0.717, 1.165) is 10.0 Å². The third-order valence-corrected chi connectivity index (χ3v) is 4.54. The van der Waals surface area contributed by atoms with Crippen LogP contribution in [-0.4, -0.2) is 20.0 Å². The fourth-order valence-electron chi connectivity index (χ4n) is 1.43. The summed E-state index contributed by atoms with van der Waals surface area (Å²) in [6.07, 6.45) is -0.113. The minimum Gasteiger partial charge on any atom is -0.481 e. The van der Waals surface area contributed by atoms with Crippen LogP contribution in [0.5, 0.6) is 0 Å². The molecule has 2 atom stereocenters. The molecule has 0 saturated heterocycles. The molecule has 1 unspecified atom stereocenters. The number of hydrogen-bond acceptors (Lipinski definition) is 2. The zero-order valence-corrected chi connectivity index (χ0v) is 13.5. The lowest BCUT2D eigenvalue weighted by Crippen LogP contribution is -2.36. The number of benzene rings is 1. The summed E-state index contributed by atoms with van der Waals surface area (Å²) in [5, 5.41) is 8.98. The van der Waals surface area contributed by atoms with Crippen LogP contribution in [0.3, 0.4) is 0 Å². The second-order valence-electron chi connectivity index (χ2n) is 5.20. The predicted molar refractivity (Wildman–Crippen MR) is 80.2 cm³/mol. The van der Waals surface area contributed by atoms with Gasteiger partial charge in [0.1, 0.15) is 0 Å². The lowest BCUT2D eigenvalue weighted by Gasteiger charge is -2.23. The van der Waals surface area contributed by atoms with Gasteiger partial charge >= 0.3 is 5.97 Å². The number of carboxylic acid groups (broad SMARTS) is 1. The van der Waals surface area contributed by atoms with Gasteiger partial charge < -0.3 is 5.11 Å². The quantitative estimate of drug-likeness (QED) is 0.860. The molecule has 6 heteroatoms. The highest BCUT2D eigenvalue weighted by molar-refractivity contribution is 9.10. The number of rotatable bonds is 5. The van der Waals surface area contributed by atoms with Gasteiger partial charge in [-0.05, 0) is 38.5 Å². The van der Waals surface area contributed by atoms with Crippen LogP contribution in [0.4, 0.5) is 0 Å². The van der Waals surface area contributed by atoms with Crippen LogP contribution in [0.2, 0.25) is 0 Å². The first kappa shape index (κ1) is 16.3. The largest absolute Gasteiger partial charge is 0.481 e. The summed E-state index contributed by atoms with van der Waals surface area (Å²) in [5.74, 6) is -0.927. The smallest absolute Gasteiger partial charge is 0.305 e. The molecular weight excluding hydrogens is 330 g/mol. The molecule has 106 valence electrons. The highest BCUT2D eigenvalue weighted by atomic mass is 79.9. The molecule has 0 fully saturated rings. The molecule has 1 rings (SSSR count). The van der Waals surface area contributed by atoms with E-state index >= 15 is 0 Å². The van der Waals surface area contributed by atoms with Crippen LogP contribution >= 0.6 is 15.9 Å². The Morgan fingerprint density at radius 1 is 1.47 bits per heavy atom. The van der Waals surface area contributed by atoms with Gasteiger partial charge in [-0.1, -0.05) is 28.1 Å². The van der Waals surface area contributed by atoms with Crippen molar-refractivity contribution >= 4 is 32.9 Å². The fourth-order valence-corrected chi connectivity index (χ4v) is 2.68. The molecule has 0 aliphatic carbocycles. The summed E-state index contributed by atoms with van der Waals surface area (Å²) in [6, 6.07) is 6.87. The van der Waals surface area contributed by atoms with Gasteiger partial charge in [-0.15, -0.1) is 0 Å². The molecule has 0 bridgehead atoms. The Bertz CT molecular complexity index is 485. The highest BCUT2D eigenvalue weighted by Crippen LogP contribution is 2.23. The molecule has 0 aliphatic heterocycles. The lowest BCUT2D eigenvalue weighted by atomic mass is 10.1. The van der Waals surface area contributed by atoms with Crippen molar-refractivity contribution in [1.29, 1.82) is 0 Å². The van der Waals surface area contributed by atoms with Gasteiger partial charge in [-0.25, -0.2) is 8.93 Å². The third kappa shape index (κ3) is 5.42. The van der Waals surface area contributed by atoms with Crippen LogP contribution in [-0.2, 0) is 15.8 Å². The zero-order valence-electron chi connectivity index (χ0n) is 11.1. The average Bonchev–Trinajstić information content (AvgIpc) is 2.26. The Morgan fingerprint density at radius 3 is 2.58 bits per heavy atom. The van der Waals surface area contributed by atoms with Crippen molar-refractivity contribution in [3.8, 4) is 0 Å². The predicted octanol–water partition coefficient (Wildman–Crippen LogP) is 3.02. The molecule has 1 aromatic carbocycles. The van der Waals surface area contributed by atoms with Gasteiger partial charge in [0.05, 0.1) is 28.2 Å². The van der Waals surface area contributed by atoms with Crippen molar-refractivity contribution < 1.29 is 14.1 Å². The maximum Gasteiger partial charge on any atom is 0.305 e. The molecule has 0 aromatic heterocycles. The van der Waals surface area contributed by atoms with Gasteiger partial charge in [-0.3, -0.25) is 4.79 Å². The van der Waals surface area contributed by atoms with Crippen molar-refractivity contribution in [2.45, 2.75) is 38.0 Å². The molecule has 19 heavy (non-hydrogen) atoms. The zero-order chi connectivity index (χ0) is 14.6. The minimum absolute atomic E-state index is 0.113. The maximum absolute atomic E-state index is 12.1. The monoisotopic (exact) mass is 347 g/mol. The molecule has 1 aromatic rings.